The minimum Gasteiger partial charge on any atom is -0.481 e. The minimum atomic E-state index is -0.655. The fraction of sp³-hybridized carbons (Fsp3) is 0.462. The summed E-state index contributed by atoms with van der Waals surface area (Å²) in [6, 6.07) is 14.4. The fourth-order valence-corrected chi connectivity index (χ4v) is 5.45. The highest BCUT2D eigenvalue weighted by molar-refractivity contribution is 5.67. The van der Waals surface area contributed by atoms with Gasteiger partial charge in [-0.25, -0.2) is 9.97 Å². The van der Waals surface area contributed by atoms with Gasteiger partial charge in [0.05, 0.1) is 0 Å². The number of H-pyrrole nitrogens is 1. The van der Waals surface area contributed by atoms with Crippen LogP contribution in [0.4, 0.5) is 5.82 Å². The van der Waals surface area contributed by atoms with Gasteiger partial charge >= 0.3 is 5.97 Å². The molecule has 172 valence electrons. The Morgan fingerprint density at radius 1 is 1.06 bits per heavy atom. The summed E-state index contributed by atoms with van der Waals surface area (Å²) in [5, 5.41) is 16.5. The Morgan fingerprint density at radius 3 is 2.48 bits per heavy atom. The second kappa shape index (κ2) is 9.33. The quantitative estimate of drug-likeness (QED) is 0.571. The Labute approximate surface area is 194 Å². The van der Waals surface area contributed by atoms with E-state index in [1.54, 1.807) is 0 Å². The second-order valence-electron chi connectivity index (χ2n) is 9.70. The predicted octanol–water partition coefficient (Wildman–Crippen LogP) is 4.71. The second-order valence-corrected chi connectivity index (χ2v) is 9.70. The van der Waals surface area contributed by atoms with Gasteiger partial charge < -0.3 is 10.0 Å². The molecule has 7 nitrogen and oxygen atoms in total. The summed E-state index contributed by atoms with van der Waals surface area (Å²) in [7, 11) is 0. The number of aromatic amines is 1. The van der Waals surface area contributed by atoms with Crippen LogP contribution in [0, 0.1) is 11.3 Å². The third-order valence-corrected chi connectivity index (χ3v) is 7.53. The molecule has 2 aromatic heterocycles. The lowest BCUT2D eigenvalue weighted by Crippen LogP contribution is -2.42. The first-order valence-electron chi connectivity index (χ1n) is 12.0. The van der Waals surface area contributed by atoms with E-state index in [1.807, 2.05) is 24.4 Å². The Bertz CT molecular complexity index is 1060. The number of nitrogens with zero attached hydrogens (tertiary/aromatic N) is 4. The van der Waals surface area contributed by atoms with Crippen LogP contribution >= 0.6 is 0 Å². The van der Waals surface area contributed by atoms with Gasteiger partial charge in [0.1, 0.15) is 11.6 Å². The van der Waals surface area contributed by atoms with Crippen molar-refractivity contribution in [1.29, 1.82) is 0 Å². The maximum Gasteiger partial charge on any atom is 0.303 e. The number of carboxylic acids is 1. The summed E-state index contributed by atoms with van der Waals surface area (Å²) < 4.78 is 0. The molecule has 3 aromatic rings. The summed E-state index contributed by atoms with van der Waals surface area (Å²) in [4.78, 5) is 22.7. The number of hydrogen-bond donors (Lipinski definition) is 2. The van der Waals surface area contributed by atoms with Gasteiger partial charge in [-0.2, -0.15) is 5.10 Å². The summed E-state index contributed by atoms with van der Waals surface area (Å²) >= 11 is 0. The molecular weight excluding hydrogens is 414 g/mol. The van der Waals surface area contributed by atoms with Crippen molar-refractivity contribution in [2.45, 2.75) is 51.4 Å². The predicted molar refractivity (Wildman–Crippen MR) is 127 cm³/mol. The van der Waals surface area contributed by atoms with Gasteiger partial charge in [0.25, 0.3) is 0 Å². The molecule has 0 atom stereocenters. The standard InChI is InChI=1S/C26H31N5O2/c32-24(33)17-20-8-10-26(11-9-20)12-14-31(15-13-26)23-7-6-21(18-27-23)25-28-22(29-30-25)16-19-4-2-1-3-5-19/h1-7,18,20H,8-17H2,(H,32,33)(H,28,29,30). The van der Waals surface area contributed by atoms with Crippen LogP contribution in [0.25, 0.3) is 11.4 Å². The molecule has 1 spiro atoms. The number of benzene rings is 1. The van der Waals surface area contributed by atoms with E-state index in [-0.39, 0.29) is 0 Å². The zero-order valence-corrected chi connectivity index (χ0v) is 18.9. The summed E-state index contributed by atoms with van der Waals surface area (Å²) in [6.07, 6.45) is 9.71. The lowest BCUT2D eigenvalue weighted by molar-refractivity contribution is -0.138. The van der Waals surface area contributed by atoms with Crippen molar-refractivity contribution in [1.82, 2.24) is 20.2 Å². The third kappa shape index (κ3) is 5.07. The largest absolute Gasteiger partial charge is 0.481 e. The van der Waals surface area contributed by atoms with Crippen LogP contribution in [-0.4, -0.2) is 44.3 Å². The van der Waals surface area contributed by atoms with Gasteiger partial charge in [0.2, 0.25) is 0 Å². The molecule has 2 aliphatic rings. The van der Waals surface area contributed by atoms with Gasteiger partial charge in [-0.1, -0.05) is 30.3 Å². The molecule has 1 saturated carbocycles. The van der Waals surface area contributed by atoms with E-state index in [1.165, 1.54) is 31.2 Å². The molecule has 1 aliphatic carbocycles. The number of pyridine rings is 1. The maximum atomic E-state index is 11.0. The van der Waals surface area contributed by atoms with Crippen LogP contribution in [0.15, 0.2) is 48.7 Å². The van der Waals surface area contributed by atoms with Crippen LogP contribution < -0.4 is 4.90 Å². The van der Waals surface area contributed by atoms with Crippen molar-refractivity contribution < 1.29 is 9.90 Å². The van der Waals surface area contributed by atoms with E-state index in [2.05, 4.69) is 44.3 Å². The SMILES string of the molecule is O=C(O)CC1CCC2(CC1)CCN(c1ccc(-c3n[nH]c(Cc4ccccc4)n3)cn1)CC2. The van der Waals surface area contributed by atoms with Crippen LogP contribution in [-0.2, 0) is 11.2 Å². The highest BCUT2D eigenvalue weighted by Gasteiger charge is 2.38. The average Bonchev–Trinajstić information content (AvgIpc) is 3.30. The molecule has 0 unspecified atom stereocenters. The first kappa shape index (κ1) is 21.6. The Hall–Kier alpha value is -3.22. The average molecular weight is 446 g/mol. The van der Waals surface area contributed by atoms with Crippen molar-refractivity contribution in [3.63, 3.8) is 0 Å². The van der Waals surface area contributed by atoms with Gasteiger partial charge in [-0.15, -0.1) is 0 Å². The molecule has 5 rings (SSSR count). The van der Waals surface area contributed by atoms with Crippen LogP contribution in [0.5, 0.6) is 0 Å². The monoisotopic (exact) mass is 445 g/mol. The van der Waals surface area contributed by atoms with E-state index >= 15 is 0 Å². The molecule has 1 aromatic carbocycles. The Kier molecular flexibility index (Phi) is 6.11. The van der Waals surface area contributed by atoms with E-state index in [9.17, 15) is 4.79 Å². The first-order chi connectivity index (χ1) is 16.1. The van der Waals surface area contributed by atoms with E-state index in [0.717, 1.165) is 49.6 Å². The van der Waals surface area contributed by atoms with Gasteiger partial charge in [0, 0.05) is 37.7 Å². The molecule has 2 N–H and O–H groups in total. The number of piperidine rings is 1. The minimum absolute atomic E-state index is 0.330. The lowest BCUT2D eigenvalue weighted by atomic mass is 9.65. The molecule has 0 radical (unpaired) electrons. The van der Waals surface area contributed by atoms with E-state index in [0.29, 0.717) is 23.6 Å². The molecule has 33 heavy (non-hydrogen) atoms. The number of anilines is 1. The fourth-order valence-electron chi connectivity index (χ4n) is 5.45. The van der Waals surface area contributed by atoms with Crippen molar-refractivity contribution in [3.05, 3.63) is 60.0 Å². The number of aromatic nitrogens is 4. The smallest absolute Gasteiger partial charge is 0.303 e. The van der Waals surface area contributed by atoms with Crippen molar-refractivity contribution in [2.75, 3.05) is 18.0 Å². The molecule has 2 fully saturated rings. The number of hydrogen-bond acceptors (Lipinski definition) is 5. The van der Waals surface area contributed by atoms with Crippen molar-refractivity contribution in [3.8, 4) is 11.4 Å². The van der Waals surface area contributed by atoms with Gasteiger partial charge in [0.15, 0.2) is 5.82 Å². The number of rotatable bonds is 6. The number of carbonyl (C=O) groups is 1. The van der Waals surface area contributed by atoms with Crippen LogP contribution in [0.2, 0.25) is 0 Å². The Balaban J connectivity index is 1.16. The van der Waals surface area contributed by atoms with Crippen LogP contribution in [0.3, 0.4) is 0 Å². The van der Waals surface area contributed by atoms with Crippen molar-refractivity contribution >= 4 is 11.8 Å². The number of nitrogens with one attached hydrogen (secondary N) is 1. The third-order valence-electron chi connectivity index (χ3n) is 7.53. The molecule has 1 saturated heterocycles. The first-order valence-corrected chi connectivity index (χ1v) is 12.0. The molecule has 1 aliphatic heterocycles. The molecule has 3 heterocycles. The van der Waals surface area contributed by atoms with Crippen molar-refractivity contribution in [2.24, 2.45) is 11.3 Å². The summed E-state index contributed by atoms with van der Waals surface area (Å²) in [6.45, 7) is 2.02. The van der Waals surface area contributed by atoms with E-state index < -0.39 is 5.97 Å². The zero-order valence-electron chi connectivity index (χ0n) is 18.9. The normalized spacial score (nSPS) is 18.5. The summed E-state index contributed by atoms with van der Waals surface area (Å²) in [5.41, 5.74) is 2.52. The highest BCUT2D eigenvalue weighted by Crippen LogP contribution is 2.47. The molecule has 7 heteroatoms. The zero-order chi connectivity index (χ0) is 22.7. The number of aliphatic carboxylic acids is 1. The highest BCUT2D eigenvalue weighted by atomic mass is 16.4. The van der Waals surface area contributed by atoms with Gasteiger partial charge in [-0.05, 0) is 67.6 Å². The maximum absolute atomic E-state index is 11.0. The molecule has 0 amide bonds. The Morgan fingerprint density at radius 2 is 1.82 bits per heavy atom. The van der Waals surface area contributed by atoms with Crippen LogP contribution in [0.1, 0.15) is 56.3 Å². The lowest BCUT2D eigenvalue weighted by Gasteiger charge is -2.46. The number of carboxylic acid groups (broad SMARTS) is 1. The van der Waals surface area contributed by atoms with E-state index in [4.69, 9.17) is 10.1 Å². The topological polar surface area (TPSA) is 95.0 Å². The van der Waals surface area contributed by atoms with Gasteiger partial charge in [-0.3, -0.25) is 9.89 Å². The summed E-state index contributed by atoms with van der Waals surface area (Å²) in [5.74, 6) is 2.24. The molecular formula is C26H31N5O2. The molecule has 0 bridgehead atoms.